The van der Waals surface area contributed by atoms with Crippen molar-refractivity contribution in [3.63, 3.8) is 0 Å². The highest BCUT2D eigenvalue weighted by Crippen LogP contribution is 2.34. The molecular formula is C25H29NO5. The maximum atomic E-state index is 13.5. The van der Waals surface area contributed by atoms with Crippen LogP contribution >= 0.6 is 0 Å². The molecule has 4 rings (SSSR count). The molecule has 3 aromatic rings. The van der Waals surface area contributed by atoms with Gasteiger partial charge in [-0.25, -0.2) is 0 Å². The maximum Gasteiger partial charge on any atom is 0.200 e. The van der Waals surface area contributed by atoms with Crippen LogP contribution in [0.3, 0.4) is 0 Å². The van der Waals surface area contributed by atoms with Gasteiger partial charge in [-0.1, -0.05) is 17.9 Å². The minimum atomic E-state index is -0.141. The van der Waals surface area contributed by atoms with E-state index in [4.69, 9.17) is 13.9 Å². The number of likely N-dealkylation sites (tertiary alicyclic amines) is 1. The number of hydrogen-bond donors (Lipinski definition) is 1. The van der Waals surface area contributed by atoms with Gasteiger partial charge in [-0.15, -0.1) is 0 Å². The van der Waals surface area contributed by atoms with Crippen LogP contribution in [0.15, 0.2) is 39.5 Å². The summed E-state index contributed by atoms with van der Waals surface area (Å²) in [4.78, 5) is 14.9. The van der Waals surface area contributed by atoms with Gasteiger partial charge >= 0.3 is 0 Å². The summed E-state index contributed by atoms with van der Waals surface area (Å²) in [5, 5.41) is 13.2. The van der Waals surface area contributed by atoms with Gasteiger partial charge in [-0.3, -0.25) is 4.79 Å². The predicted molar refractivity (Wildman–Crippen MR) is 118 cm³/mol. The van der Waals surface area contributed by atoms with Gasteiger partial charge in [0.2, 0.25) is 5.43 Å². The Bertz CT molecular complexity index is 1140. The van der Waals surface area contributed by atoms with E-state index in [9.17, 15) is 9.90 Å². The molecule has 1 aromatic heterocycles. The Morgan fingerprint density at radius 1 is 1.00 bits per heavy atom. The number of rotatable bonds is 5. The second-order valence-corrected chi connectivity index (χ2v) is 8.19. The van der Waals surface area contributed by atoms with E-state index in [1.807, 2.05) is 6.07 Å². The number of hydrogen-bond acceptors (Lipinski definition) is 5. The molecule has 0 unspecified atom stereocenters. The fraction of sp³-hybridized carbons (Fsp3) is 0.400. The van der Waals surface area contributed by atoms with Gasteiger partial charge in [0.1, 0.15) is 17.9 Å². The first-order chi connectivity index (χ1) is 15.0. The normalized spacial score (nSPS) is 15.1. The number of benzene rings is 2. The summed E-state index contributed by atoms with van der Waals surface area (Å²) in [5.41, 5.74) is 2.05. The number of quaternary nitrogens is 1. The maximum absolute atomic E-state index is 13.5. The van der Waals surface area contributed by atoms with E-state index >= 15 is 0 Å². The molecular weight excluding hydrogens is 394 g/mol. The fourth-order valence-electron chi connectivity index (χ4n) is 4.55. The van der Waals surface area contributed by atoms with Gasteiger partial charge in [-0.05, 0) is 56.4 Å². The van der Waals surface area contributed by atoms with Crippen molar-refractivity contribution >= 4 is 11.0 Å². The first kappa shape index (κ1) is 21.2. The van der Waals surface area contributed by atoms with Crippen LogP contribution in [-0.2, 0) is 6.54 Å². The van der Waals surface area contributed by atoms with Crippen molar-refractivity contribution in [2.75, 3.05) is 27.3 Å². The Morgan fingerprint density at radius 3 is 2.39 bits per heavy atom. The summed E-state index contributed by atoms with van der Waals surface area (Å²) in [6, 6.07) is 8.45. The largest absolute Gasteiger partial charge is 0.872 e. The number of aryl methyl sites for hydroxylation is 1. The minimum Gasteiger partial charge on any atom is -0.872 e. The topological polar surface area (TPSA) is 76.2 Å². The van der Waals surface area contributed by atoms with Crippen LogP contribution in [0, 0.1) is 6.92 Å². The summed E-state index contributed by atoms with van der Waals surface area (Å²) in [6.45, 7) is 4.45. The molecule has 1 aliphatic heterocycles. The van der Waals surface area contributed by atoms with Gasteiger partial charge in [0, 0.05) is 5.56 Å². The molecule has 0 spiro atoms. The van der Waals surface area contributed by atoms with E-state index in [1.54, 1.807) is 39.3 Å². The SMILES string of the molecule is COc1ccc(-c2c(C)oc3c(C[NH+]4CCCCCC4)c([O-])ccc3c2=O)cc1OC. The Kier molecular flexibility index (Phi) is 6.18. The summed E-state index contributed by atoms with van der Waals surface area (Å²) < 4.78 is 16.9. The van der Waals surface area contributed by atoms with E-state index in [0.29, 0.717) is 51.5 Å². The molecule has 6 heteroatoms. The third-order valence-electron chi connectivity index (χ3n) is 6.21. The van der Waals surface area contributed by atoms with E-state index in [2.05, 4.69) is 0 Å². The third kappa shape index (κ3) is 4.12. The van der Waals surface area contributed by atoms with Crippen LogP contribution in [-0.4, -0.2) is 27.3 Å². The molecule has 0 radical (unpaired) electrons. The van der Waals surface area contributed by atoms with Crippen LogP contribution < -0.4 is 24.9 Å². The Balaban J connectivity index is 1.82. The average molecular weight is 424 g/mol. The predicted octanol–water partition coefficient (Wildman–Crippen LogP) is 2.82. The number of methoxy groups -OCH3 is 2. The monoisotopic (exact) mass is 423 g/mol. The van der Waals surface area contributed by atoms with Crippen molar-refractivity contribution in [3.8, 4) is 28.4 Å². The lowest BCUT2D eigenvalue weighted by atomic mass is 10.00. The fourth-order valence-corrected chi connectivity index (χ4v) is 4.55. The molecule has 0 saturated carbocycles. The van der Waals surface area contributed by atoms with E-state index in [0.717, 1.165) is 13.1 Å². The van der Waals surface area contributed by atoms with Crippen LogP contribution in [0.4, 0.5) is 0 Å². The molecule has 0 atom stereocenters. The lowest BCUT2D eigenvalue weighted by molar-refractivity contribution is -0.913. The van der Waals surface area contributed by atoms with Crippen LogP contribution in [0.25, 0.3) is 22.1 Å². The molecule has 1 saturated heterocycles. The summed E-state index contributed by atoms with van der Waals surface area (Å²) >= 11 is 0. The zero-order chi connectivity index (χ0) is 22.0. The molecule has 0 bridgehead atoms. The lowest BCUT2D eigenvalue weighted by Gasteiger charge is -2.22. The molecule has 164 valence electrons. The second-order valence-electron chi connectivity index (χ2n) is 8.19. The highest BCUT2D eigenvalue weighted by Gasteiger charge is 2.20. The van der Waals surface area contributed by atoms with Crippen molar-refractivity contribution < 1.29 is 23.9 Å². The Labute approximate surface area is 182 Å². The third-order valence-corrected chi connectivity index (χ3v) is 6.21. The average Bonchev–Trinajstić information content (AvgIpc) is 3.04. The summed E-state index contributed by atoms with van der Waals surface area (Å²) in [6.07, 6.45) is 4.82. The Morgan fingerprint density at radius 2 is 1.71 bits per heavy atom. The lowest BCUT2D eigenvalue weighted by Crippen LogP contribution is -3.10. The van der Waals surface area contributed by atoms with Gasteiger partial charge in [0.25, 0.3) is 0 Å². The highest BCUT2D eigenvalue weighted by molar-refractivity contribution is 5.86. The van der Waals surface area contributed by atoms with Crippen molar-refractivity contribution in [2.24, 2.45) is 0 Å². The zero-order valence-corrected chi connectivity index (χ0v) is 18.4. The summed E-state index contributed by atoms with van der Waals surface area (Å²) in [7, 11) is 3.13. The molecule has 1 fully saturated rings. The smallest absolute Gasteiger partial charge is 0.200 e. The van der Waals surface area contributed by atoms with Crippen molar-refractivity contribution in [3.05, 3.63) is 51.9 Å². The zero-order valence-electron chi connectivity index (χ0n) is 18.4. The first-order valence-electron chi connectivity index (χ1n) is 10.9. The molecule has 2 aromatic carbocycles. The van der Waals surface area contributed by atoms with Gasteiger partial charge < -0.3 is 23.9 Å². The molecule has 6 nitrogen and oxygen atoms in total. The van der Waals surface area contributed by atoms with E-state index in [1.165, 1.54) is 36.6 Å². The van der Waals surface area contributed by atoms with Gasteiger partial charge in [0.15, 0.2) is 11.5 Å². The van der Waals surface area contributed by atoms with Crippen LogP contribution in [0.1, 0.15) is 37.0 Å². The van der Waals surface area contributed by atoms with E-state index < -0.39 is 0 Å². The minimum absolute atomic E-state index is 0.0642. The number of fused-ring (bicyclic) bond motifs is 1. The molecule has 1 N–H and O–H groups in total. The standard InChI is InChI=1S/C25H29NO5/c1-16-23(17-8-11-21(29-2)22(14-17)30-3)24(28)18-9-10-20(27)19(25(18)31-16)15-26-12-6-4-5-7-13-26/h8-11,14,27H,4-7,12-13,15H2,1-3H3. The first-order valence-corrected chi connectivity index (χ1v) is 10.9. The van der Waals surface area contributed by atoms with Crippen molar-refractivity contribution in [1.29, 1.82) is 0 Å². The van der Waals surface area contributed by atoms with E-state index in [-0.39, 0.29) is 11.2 Å². The second kappa shape index (κ2) is 9.02. The number of ether oxygens (including phenoxy) is 2. The highest BCUT2D eigenvalue weighted by atomic mass is 16.5. The molecule has 31 heavy (non-hydrogen) atoms. The van der Waals surface area contributed by atoms with Crippen LogP contribution in [0.2, 0.25) is 0 Å². The molecule has 0 amide bonds. The number of nitrogens with one attached hydrogen (secondary N) is 1. The van der Waals surface area contributed by atoms with Gasteiger partial charge in [0.05, 0.1) is 38.3 Å². The summed E-state index contributed by atoms with van der Waals surface area (Å²) in [5.74, 6) is 1.56. The molecule has 2 heterocycles. The molecule has 0 aliphatic carbocycles. The van der Waals surface area contributed by atoms with Crippen molar-refractivity contribution in [2.45, 2.75) is 39.2 Å². The van der Waals surface area contributed by atoms with Crippen molar-refractivity contribution in [1.82, 2.24) is 0 Å². The molecule has 1 aliphatic rings. The van der Waals surface area contributed by atoms with Crippen LogP contribution in [0.5, 0.6) is 17.2 Å². The van der Waals surface area contributed by atoms with Gasteiger partial charge in [-0.2, -0.15) is 0 Å². The quantitative estimate of drug-likeness (QED) is 0.683. The Hall–Kier alpha value is -2.99.